The smallest absolute Gasteiger partial charge is 0.0350 e. The monoisotopic (exact) mass is 252 g/mol. The molecule has 0 radical (unpaired) electrons. The van der Waals surface area contributed by atoms with Crippen molar-refractivity contribution in [3.63, 3.8) is 0 Å². The van der Waals surface area contributed by atoms with Gasteiger partial charge >= 0.3 is 0 Å². The lowest BCUT2D eigenvalue weighted by atomic mass is 10.3. The van der Waals surface area contributed by atoms with Gasteiger partial charge in [0.15, 0.2) is 0 Å². The molecule has 0 saturated carbocycles. The van der Waals surface area contributed by atoms with E-state index in [1.165, 1.54) is 6.42 Å². The minimum absolute atomic E-state index is 1.15. The van der Waals surface area contributed by atoms with E-state index in [1.807, 2.05) is 72.9 Å². The third kappa shape index (κ3) is 15.9. The molecule has 0 unspecified atom stereocenters. The van der Waals surface area contributed by atoms with Crippen molar-refractivity contribution >= 4 is 0 Å². The molecular weight excluding hydrogens is 228 g/mol. The summed E-state index contributed by atoms with van der Waals surface area (Å²) in [5.41, 5.74) is 0. The summed E-state index contributed by atoms with van der Waals surface area (Å²) in [4.78, 5) is 0. The van der Waals surface area contributed by atoms with E-state index in [2.05, 4.69) is 25.7 Å². The Morgan fingerprint density at radius 2 is 0.947 bits per heavy atom. The Bertz CT molecular complexity index is 396. The van der Waals surface area contributed by atoms with Crippen molar-refractivity contribution in [3.8, 4) is 0 Å². The Balaban J connectivity index is 3.78. The van der Waals surface area contributed by atoms with Gasteiger partial charge in [0.2, 0.25) is 0 Å². The number of hydrogen-bond donors (Lipinski definition) is 0. The number of allylic oxidation sites excluding steroid dienone is 15. The van der Waals surface area contributed by atoms with Crippen LogP contribution in [0.2, 0.25) is 0 Å². The highest BCUT2D eigenvalue weighted by atomic mass is 13.8. The van der Waals surface area contributed by atoms with Crippen molar-refractivity contribution in [1.82, 2.24) is 0 Å². The second-order valence-corrected chi connectivity index (χ2v) is 3.76. The maximum Gasteiger partial charge on any atom is -0.0350 e. The summed E-state index contributed by atoms with van der Waals surface area (Å²) in [5, 5.41) is 0. The molecule has 0 amide bonds. The number of hydrogen-bond acceptors (Lipinski definition) is 0. The lowest BCUT2D eigenvalue weighted by Crippen LogP contribution is -1.58. The molecule has 0 N–H and O–H groups in total. The minimum atomic E-state index is 1.15. The van der Waals surface area contributed by atoms with Gasteiger partial charge in [-0.25, -0.2) is 0 Å². The Labute approximate surface area is 118 Å². The largest absolute Gasteiger partial charge is 0.0991 e. The fraction of sp³-hybridized carbons (Fsp3) is 0.158. The van der Waals surface area contributed by atoms with E-state index >= 15 is 0 Å². The van der Waals surface area contributed by atoms with Gasteiger partial charge in [0.1, 0.15) is 0 Å². The molecule has 0 rings (SSSR count). The van der Waals surface area contributed by atoms with E-state index in [0.29, 0.717) is 0 Å². The summed E-state index contributed by atoms with van der Waals surface area (Å²) in [6.07, 6.45) is 32.2. The first-order chi connectivity index (χ1) is 9.41. The highest BCUT2D eigenvalue weighted by Crippen LogP contribution is 1.89. The van der Waals surface area contributed by atoms with Gasteiger partial charge in [-0.05, 0) is 6.42 Å². The zero-order valence-corrected chi connectivity index (χ0v) is 11.8. The number of rotatable bonds is 9. The van der Waals surface area contributed by atoms with Gasteiger partial charge in [-0.1, -0.05) is 111 Å². The van der Waals surface area contributed by atoms with Gasteiger partial charge in [-0.2, -0.15) is 0 Å². The summed E-state index contributed by atoms with van der Waals surface area (Å²) >= 11 is 0. The van der Waals surface area contributed by atoms with E-state index in [-0.39, 0.29) is 0 Å². The number of unbranched alkanes of at least 4 members (excludes halogenated alkanes) is 1. The van der Waals surface area contributed by atoms with Crippen LogP contribution < -0.4 is 0 Å². The van der Waals surface area contributed by atoms with Crippen LogP contribution in [0, 0.1) is 0 Å². The van der Waals surface area contributed by atoms with Crippen LogP contribution in [0.3, 0.4) is 0 Å². The molecule has 0 aliphatic carbocycles. The maximum absolute atomic E-state index is 3.60. The molecule has 0 heteroatoms. The summed E-state index contributed by atoms with van der Waals surface area (Å²) in [5.74, 6) is 0. The summed E-state index contributed by atoms with van der Waals surface area (Å²) in [6.45, 7) is 5.77. The molecule has 0 atom stereocenters. The molecule has 0 aromatic heterocycles. The van der Waals surface area contributed by atoms with Crippen molar-refractivity contribution < 1.29 is 0 Å². The van der Waals surface area contributed by atoms with Crippen molar-refractivity contribution in [2.24, 2.45) is 0 Å². The fourth-order valence-electron chi connectivity index (χ4n) is 1.13. The molecule has 0 aliphatic rings. The fourth-order valence-corrected chi connectivity index (χ4v) is 1.13. The Morgan fingerprint density at radius 3 is 1.32 bits per heavy atom. The first-order valence-electron chi connectivity index (χ1n) is 6.69. The summed E-state index contributed by atoms with van der Waals surface area (Å²) in [6, 6.07) is 0. The molecule has 0 nitrogen and oxygen atoms in total. The predicted octanol–water partition coefficient (Wildman–Crippen LogP) is 5.87. The third-order valence-corrected chi connectivity index (χ3v) is 2.06. The molecule has 0 aromatic carbocycles. The van der Waals surface area contributed by atoms with E-state index in [4.69, 9.17) is 0 Å². The van der Waals surface area contributed by atoms with Crippen LogP contribution in [0.5, 0.6) is 0 Å². The van der Waals surface area contributed by atoms with Gasteiger partial charge in [0.25, 0.3) is 0 Å². The van der Waals surface area contributed by atoms with E-state index < -0.39 is 0 Å². The lowest BCUT2D eigenvalue weighted by molar-refractivity contribution is 0.959. The zero-order chi connectivity index (χ0) is 14.0. The van der Waals surface area contributed by atoms with Crippen LogP contribution >= 0.6 is 0 Å². The lowest BCUT2D eigenvalue weighted by Gasteiger charge is -1.79. The predicted molar refractivity (Wildman–Crippen MR) is 89.1 cm³/mol. The second kappa shape index (κ2) is 15.9. The Kier molecular flexibility index (Phi) is 14.2. The average molecular weight is 252 g/mol. The normalized spacial score (nSPS) is 13.7. The first-order valence-corrected chi connectivity index (χ1v) is 6.69. The van der Waals surface area contributed by atoms with Gasteiger partial charge in [0, 0.05) is 0 Å². The first kappa shape index (κ1) is 16.9. The zero-order valence-electron chi connectivity index (χ0n) is 11.8. The second-order valence-electron chi connectivity index (χ2n) is 3.76. The van der Waals surface area contributed by atoms with Crippen LogP contribution in [-0.4, -0.2) is 0 Å². The van der Waals surface area contributed by atoms with E-state index in [0.717, 1.165) is 6.42 Å². The standard InChI is InChI=1S/C19H24/c1-3-5-7-9-11-13-15-17-19-18-16-14-12-10-8-6-4-2/h3,5,7-19H,1,4,6H2,2H3/b7-5+,10-8+,11-9+,14-12+,15-13+,18-16+,19-17+. The van der Waals surface area contributed by atoms with E-state index in [9.17, 15) is 0 Å². The van der Waals surface area contributed by atoms with Crippen molar-refractivity contribution in [2.75, 3.05) is 0 Å². The summed E-state index contributed by atoms with van der Waals surface area (Å²) < 4.78 is 0. The Morgan fingerprint density at radius 1 is 0.579 bits per heavy atom. The highest BCUT2D eigenvalue weighted by Gasteiger charge is 1.68. The van der Waals surface area contributed by atoms with Crippen molar-refractivity contribution in [2.45, 2.75) is 19.8 Å². The third-order valence-electron chi connectivity index (χ3n) is 2.06. The van der Waals surface area contributed by atoms with Gasteiger partial charge in [-0.15, -0.1) is 0 Å². The molecule has 100 valence electrons. The minimum Gasteiger partial charge on any atom is -0.0991 e. The van der Waals surface area contributed by atoms with Crippen molar-refractivity contribution in [3.05, 3.63) is 97.7 Å². The van der Waals surface area contributed by atoms with Gasteiger partial charge in [0.05, 0.1) is 0 Å². The van der Waals surface area contributed by atoms with Crippen LogP contribution in [0.15, 0.2) is 97.7 Å². The molecule has 19 heavy (non-hydrogen) atoms. The molecular formula is C19H24. The molecule has 0 spiro atoms. The average Bonchev–Trinajstić information content (AvgIpc) is 2.43. The topological polar surface area (TPSA) is 0 Å². The van der Waals surface area contributed by atoms with Crippen LogP contribution in [0.1, 0.15) is 19.8 Å². The van der Waals surface area contributed by atoms with Crippen LogP contribution in [0.4, 0.5) is 0 Å². The highest BCUT2D eigenvalue weighted by molar-refractivity contribution is 5.20. The SMILES string of the molecule is C=C/C=C/C=C/C=C/C=C/C=C/C=C/C=C/CCC. The Hall–Kier alpha value is -2.08. The van der Waals surface area contributed by atoms with Crippen molar-refractivity contribution in [1.29, 1.82) is 0 Å². The maximum atomic E-state index is 3.60. The van der Waals surface area contributed by atoms with Gasteiger partial charge in [-0.3, -0.25) is 0 Å². The van der Waals surface area contributed by atoms with Crippen LogP contribution in [-0.2, 0) is 0 Å². The molecule has 0 saturated heterocycles. The molecule has 0 aromatic rings. The van der Waals surface area contributed by atoms with E-state index in [1.54, 1.807) is 6.08 Å². The molecule has 0 fully saturated rings. The molecule has 0 heterocycles. The molecule has 0 aliphatic heterocycles. The summed E-state index contributed by atoms with van der Waals surface area (Å²) in [7, 11) is 0. The quantitative estimate of drug-likeness (QED) is 0.450. The van der Waals surface area contributed by atoms with Gasteiger partial charge < -0.3 is 0 Å². The van der Waals surface area contributed by atoms with Crippen LogP contribution in [0.25, 0.3) is 0 Å². The molecule has 0 bridgehead atoms.